The van der Waals surface area contributed by atoms with Crippen molar-refractivity contribution >= 4 is 29.5 Å². The largest absolute Gasteiger partial charge is 0.459 e. The number of aliphatic hydroxyl groups excluding tert-OH is 1. The fourth-order valence-electron chi connectivity index (χ4n) is 10.5. The second-order valence-corrected chi connectivity index (χ2v) is 21.6. The summed E-state index contributed by atoms with van der Waals surface area (Å²) in [5.41, 5.74) is 5.01. The van der Waals surface area contributed by atoms with Crippen molar-refractivity contribution in [2.75, 3.05) is 46.6 Å². The van der Waals surface area contributed by atoms with E-state index in [1.807, 2.05) is 91.0 Å². The molecule has 1 aromatic heterocycles. The Morgan fingerprint density at radius 1 is 1.11 bits per heavy atom. The fraction of sp³-hybridized carbons (Fsp3) is 0.769. The molecule has 3 saturated heterocycles. The number of nitrogens with one attached hydrogen (secondary N) is 2. The monoisotopic (exact) mass is 1000 g/mol. The van der Waals surface area contributed by atoms with Gasteiger partial charge in [-0.3, -0.25) is 24.0 Å². The number of hydrogen-bond donors (Lipinski definition) is 4. The molecule has 0 spiro atoms. The van der Waals surface area contributed by atoms with Crippen LogP contribution in [0.25, 0.3) is 11.3 Å². The van der Waals surface area contributed by atoms with Gasteiger partial charge in [-0.05, 0) is 139 Å². The normalized spacial score (nSPS) is 32.8. The van der Waals surface area contributed by atoms with Gasteiger partial charge in [0.2, 0.25) is 0 Å². The van der Waals surface area contributed by atoms with Gasteiger partial charge in [-0.1, -0.05) is 45.5 Å². The number of nitrogen functional groups attached to an aromatic ring is 1. The highest BCUT2D eigenvalue weighted by Gasteiger charge is 2.59. The lowest BCUT2D eigenvalue weighted by Gasteiger charge is -2.46. The lowest BCUT2D eigenvalue weighted by molar-refractivity contribution is -0.295. The molecule has 5 rings (SSSR count). The first-order chi connectivity index (χ1) is 32.8. The maximum absolute atomic E-state index is 14.6. The number of aliphatic hydroxyl groups is 1. The van der Waals surface area contributed by atoms with Gasteiger partial charge in [-0.2, -0.15) is 0 Å². The van der Waals surface area contributed by atoms with Crippen LogP contribution in [0, 0.1) is 17.8 Å². The Hall–Kier alpha value is -4.24. The van der Waals surface area contributed by atoms with Crippen molar-refractivity contribution in [2.24, 2.45) is 17.8 Å². The Labute approximate surface area is 422 Å². The fourth-order valence-corrected chi connectivity index (χ4v) is 10.5. The number of unbranched alkanes of at least 4 members (excludes halogenated alkanes) is 1. The number of cyclic esters (lactones) is 1. The zero-order valence-electron chi connectivity index (χ0n) is 44.2. The highest BCUT2D eigenvalue weighted by atomic mass is 16.7. The SMILES string of the molecule is C.CC[C@H]1OC(=O)[C@H](C)C(=O)[C@H](C)[C@@H](O[C@@H]2OC(C)CC(N(C)C)C2O)[C@](C)(OC)C[C@@H](C)CN[C@H](CCN[C@H](C)C(=O)OC(C)(C)C)[C@H]2N(CCCCn3cc(-c4cccc(N)c4)nn3)C(=O)O[C@]12C. The minimum Gasteiger partial charge on any atom is -0.459 e. The molecule has 0 bridgehead atoms. The first kappa shape index (κ1) is 59.3. The predicted octanol–water partition coefficient (Wildman–Crippen LogP) is 5.61. The van der Waals surface area contributed by atoms with Crippen molar-refractivity contribution < 1.29 is 52.7 Å². The predicted molar refractivity (Wildman–Crippen MR) is 271 cm³/mol. The smallest absolute Gasteiger partial charge is 0.410 e. The molecular formula is C52H88N8O11. The Morgan fingerprint density at radius 2 is 1.80 bits per heavy atom. The number of methoxy groups -OCH3 is 1. The molecule has 3 aliphatic heterocycles. The van der Waals surface area contributed by atoms with E-state index in [1.165, 1.54) is 6.92 Å². The maximum Gasteiger partial charge on any atom is 0.410 e. The molecule has 19 nitrogen and oxygen atoms in total. The molecule has 5 N–H and O–H groups in total. The van der Waals surface area contributed by atoms with Crippen molar-refractivity contribution in [1.29, 1.82) is 0 Å². The van der Waals surface area contributed by atoms with Crippen molar-refractivity contribution in [3.05, 3.63) is 30.5 Å². The van der Waals surface area contributed by atoms with Gasteiger partial charge < -0.3 is 54.8 Å². The van der Waals surface area contributed by atoms with Crippen molar-refractivity contribution in [3.63, 3.8) is 0 Å². The van der Waals surface area contributed by atoms with E-state index >= 15 is 0 Å². The Balaban J connectivity index is 0.0000110. The molecule has 1 amide bonds. The van der Waals surface area contributed by atoms with E-state index in [4.69, 9.17) is 34.2 Å². The average Bonchev–Trinajstić information content (AvgIpc) is 3.87. The number of anilines is 1. The molecule has 0 aliphatic carbocycles. The van der Waals surface area contributed by atoms with Gasteiger partial charge in [0.05, 0.1) is 30.0 Å². The zero-order valence-corrected chi connectivity index (χ0v) is 44.2. The van der Waals surface area contributed by atoms with Gasteiger partial charge >= 0.3 is 18.0 Å². The molecule has 1 aromatic carbocycles. The second kappa shape index (κ2) is 25.1. The zero-order chi connectivity index (χ0) is 51.9. The number of nitrogens with two attached hydrogens (primary N) is 1. The molecule has 4 heterocycles. The summed E-state index contributed by atoms with van der Waals surface area (Å²) in [6.07, 6.45) is -0.101. The van der Waals surface area contributed by atoms with Crippen molar-refractivity contribution in [3.8, 4) is 11.3 Å². The standard InChI is InChI=1S/C51H84N8O11.CH4/c1-15-40-51(11)43(59(48(64)70-51)24-17-16-23-58-29-38(55-56-58)35-19-18-20-36(52)26-35)37(21-22-53-34(6)46(63)69-49(7,8)9)54-28-30(2)27-50(10,65-14)44(32(4)41(60)33(5)45(62)67-40)68-47-42(61)39(57(12)13)25-31(3)66-47;/h18-20,26,29-34,37,39-40,42-44,47,53-54,61H,15-17,21-25,27-28,52H2,1-14H3;1H4/t30-,31?,32+,33-,34-,37-,39?,40-,42?,43-,44-,47+,50-,51-;/m1./s1. The summed E-state index contributed by atoms with van der Waals surface area (Å²) in [4.78, 5) is 60.1. The molecular weight excluding hydrogens is 913 g/mol. The highest BCUT2D eigenvalue weighted by Crippen LogP contribution is 2.41. The molecule has 2 aromatic rings. The van der Waals surface area contributed by atoms with E-state index in [-0.39, 0.29) is 31.9 Å². The number of Topliss-reactive ketones (excluding diaryl/α,β-unsaturated/α-hetero) is 1. The maximum atomic E-state index is 14.6. The number of nitrogens with zero attached hydrogens (tertiary/aromatic N) is 5. The van der Waals surface area contributed by atoms with E-state index in [9.17, 15) is 24.3 Å². The Kier molecular flexibility index (Phi) is 21.0. The number of rotatable bonds is 16. The quantitative estimate of drug-likeness (QED) is 0.0526. The van der Waals surface area contributed by atoms with E-state index in [1.54, 1.807) is 37.5 Å². The third kappa shape index (κ3) is 14.7. The van der Waals surface area contributed by atoms with Gasteiger partial charge in [0, 0.05) is 49.5 Å². The first-order valence-electron chi connectivity index (χ1n) is 25.2. The number of ether oxygens (including phenoxy) is 6. The molecule has 0 saturated carbocycles. The molecule has 19 heteroatoms. The summed E-state index contributed by atoms with van der Waals surface area (Å²) in [6, 6.07) is 5.40. The number of amides is 1. The number of aryl methyl sites for hydroxylation is 1. The molecule has 71 heavy (non-hydrogen) atoms. The lowest BCUT2D eigenvalue weighted by Crippen LogP contribution is -2.62. The summed E-state index contributed by atoms with van der Waals surface area (Å²) >= 11 is 0. The molecule has 3 fully saturated rings. The van der Waals surface area contributed by atoms with Crippen LogP contribution in [0.1, 0.15) is 122 Å². The summed E-state index contributed by atoms with van der Waals surface area (Å²) in [7, 11) is 5.36. The summed E-state index contributed by atoms with van der Waals surface area (Å²) in [6.45, 7) is 21.6. The van der Waals surface area contributed by atoms with Crippen LogP contribution in [-0.2, 0) is 49.3 Å². The van der Waals surface area contributed by atoms with Gasteiger partial charge in [-0.25, -0.2) is 4.79 Å². The molecule has 3 unspecified atom stereocenters. The number of ketones is 1. The topological polar surface area (TPSA) is 231 Å². The summed E-state index contributed by atoms with van der Waals surface area (Å²) in [5.74, 6) is -3.88. The number of esters is 2. The highest BCUT2D eigenvalue weighted by molar-refractivity contribution is 6.00. The van der Waals surface area contributed by atoms with Crippen molar-refractivity contribution in [1.82, 2.24) is 35.4 Å². The minimum absolute atomic E-state index is 0. The molecule has 0 radical (unpaired) electrons. The average molecular weight is 1000 g/mol. The second-order valence-electron chi connectivity index (χ2n) is 21.6. The Bertz CT molecular complexity index is 2070. The number of carbonyl (C=O) groups is 4. The van der Waals surface area contributed by atoms with Crippen LogP contribution >= 0.6 is 0 Å². The van der Waals surface area contributed by atoms with Gasteiger partial charge in [0.15, 0.2) is 17.7 Å². The Morgan fingerprint density at radius 3 is 2.44 bits per heavy atom. The molecule has 3 aliphatic rings. The van der Waals surface area contributed by atoms with Gasteiger partial charge in [-0.15, -0.1) is 5.10 Å². The number of hydrogen-bond acceptors (Lipinski definition) is 17. The van der Waals surface area contributed by atoms with Gasteiger partial charge in [0.25, 0.3) is 0 Å². The van der Waals surface area contributed by atoms with Crippen LogP contribution < -0.4 is 16.4 Å². The third-order valence-electron chi connectivity index (χ3n) is 14.3. The lowest BCUT2D eigenvalue weighted by atomic mass is 9.78. The van der Waals surface area contributed by atoms with Crippen molar-refractivity contribution in [2.45, 2.75) is 200 Å². The molecule has 14 atom stereocenters. The third-order valence-corrected chi connectivity index (χ3v) is 14.3. The number of benzene rings is 1. The van der Waals surface area contributed by atoms with E-state index in [0.717, 1.165) is 5.56 Å². The summed E-state index contributed by atoms with van der Waals surface area (Å²) < 4.78 is 39.5. The van der Waals surface area contributed by atoms with E-state index in [2.05, 4.69) is 27.9 Å². The minimum atomic E-state index is -1.38. The van der Waals surface area contributed by atoms with E-state index < -0.39 is 95.2 Å². The van der Waals surface area contributed by atoms with Crippen LogP contribution in [0.2, 0.25) is 0 Å². The first-order valence-corrected chi connectivity index (χ1v) is 25.2. The number of fused-ring (bicyclic) bond motifs is 1. The number of likely N-dealkylation sites (N-methyl/N-ethyl adjacent to an activating group) is 1. The number of aromatic nitrogens is 3. The number of carbonyl (C=O) groups excluding carboxylic acids is 4. The van der Waals surface area contributed by atoms with Crippen LogP contribution in [0.4, 0.5) is 10.5 Å². The summed E-state index contributed by atoms with van der Waals surface area (Å²) in [5, 5.41) is 27.4. The molecule has 402 valence electrons. The van der Waals surface area contributed by atoms with E-state index in [0.29, 0.717) is 69.7 Å². The van der Waals surface area contributed by atoms with Crippen LogP contribution in [0.5, 0.6) is 0 Å². The van der Waals surface area contributed by atoms with Crippen LogP contribution in [0.15, 0.2) is 30.5 Å². The van der Waals surface area contributed by atoms with Crippen LogP contribution in [-0.4, -0.2) is 166 Å². The van der Waals surface area contributed by atoms with Crippen LogP contribution in [0.3, 0.4) is 0 Å². The van der Waals surface area contributed by atoms with Gasteiger partial charge in [0.1, 0.15) is 35.5 Å².